The minimum Gasteiger partial charge on any atom is -0.375 e. The minimum atomic E-state index is 0.0425. The average Bonchev–Trinajstić information content (AvgIpc) is 3.47. The zero-order valence-electron chi connectivity index (χ0n) is 15.7. The summed E-state index contributed by atoms with van der Waals surface area (Å²) in [5.74, 6) is 0.846. The number of nitrogens with two attached hydrogens (primary N) is 1. The van der Waals surface area contributed by atoms with E-state index in [-0.39, 0.29) is 11.8 Å². The highest BCUT2D eigenvalue weighted by atomic mass is 32.1. The number of piperidine rings is 2. The van der Waals surface area contributed by atoms with Crippen LogP contribution in [-0.2, 0) is 16.1 Å². The van der Waals surface area contributed by atoms with Gasteiger partial charge in [0.25, 0.3) is 0 Å². The first-order valence-electron chi connectivity index (χ1n) is 10.1. The molecule has 3 heterocycles. The molecule has 3 fully saturated rings. The lowest BCUT2D eigenvalue weighted by Crippen LogP contribution is -2.51. The molecule has 3 aliphatic rings. The number of anilines is 1. The highest BCUT2D eigenvalue weighted by Crippen LogP contribution is 2.32. The Bertz CT molecular complexity index is 681. The Morgan fingerprint density at radius 1 is 1.15 bits per heavy atom. The summed E-state index contributed by atoms with van der Waals surface area (Å²) in [5.41, 5.74) is 6.47. The summed E-state index contributed by atoms with van der Waals surface area (Å²) in [5, 5.41) is 5.44. The molecule has 0 bridgehead atoms. The number of hydrogen-bond acceptors (Lipinski definition) is 6. The van der Waals surface area contributed by atoms with Crippen LogP contribution in [0.25, 0.3) is 0 Å². The SMILES string of the molecule is Nc1nc(CNC(=O)C2CCCN(C3CCN(C(=O)C4CC4)CC3)C2)cs1. The van der Waals surface area contributed by atoms with E-state index in [1.165, 1.54) is 11.3 Å². The Morgan fingerprint density at radius 2 is 1.93 bits per heavy atom. The fourth-order valence-electron chi connectivity index (χ4n) is 4.32. The molecule has 1 unspecified atom stereocenters. The molecule has 1 aromatic rings. The smallest absolute Gasteiger partial charge is 0.225 e. The van der Waals surface area contributed by atoms with E-state index in [0.29, 0.717) is 29.5 Å². The van der Waals surface area contributed by atoms with Crippen molar-refractivity contribution in [2.75, 3.05) is 31.9 Å². The van der Waals surface area contributed by atoms with Crippen molar-refractivity contribution in [3.8, 4) is 0 Å². The Balaban J connectivity index is 1.24. The molecule has 1 saturated carbocycles. The molecule has 2 aliphatic heterocycles. The number of thiazole rings is 1. The first kappa shape index (κ1) is 18.7. The zero-order valence-corrected chi connectivity index (χ0v) is 16.5. The summed E-state index contributed by atoms with van der Waals surface area (Å²) in [7, 11) is 0. The van der Waals surface area contributed by atoms with Gasteiger partial charge in [0.1, 0.15) is 0 Å². The molecular formula is C19H29N5O2S. The summed E-state index contributed by atoms with van der Waals surface area (Å²) < 4.78 is 0. The summed E-state index contributed by atoms with van der Waals surface area (Å²) in [6, 6.07) is 0.502. The first-order valence-corrected chi connectivity index (χ1v) is 11.0. The van der Waals surface area contributed by atoms with E-state index in [9.17, 15) is 9.59 Å². The molecule has 3 N–H and O–H groups in total. The maximum Gasteiger partial charge on any atom is 0.225 e. The molecule has 148 valence electrons. The molecule has 0 radical (unpaired) electrons. The maximum absolute atomic E-state index is 12.6. The van der Waals surface area contributed by atoms with Crippen LogP contribution in [0.5, 0.6) is 0 Å². The quantitative estimate of drug-likeness (QED) is 0.793. The lowest BCUT2D eigenvalue weighted by atomic mass is 9.93. The normalized spacial score (nSPS) is 24.7. The third-order valence-corrected chi connectivity index (χ3v) is 6.78. The largest absolute Gasteiger partial charge is 0.375 e. The number of hydrogen-bond donors (Lipinski definition) is 2. The molecule has 2 amide bonds. The molecule has 1 aromatic heterocycles. The summed E-state index contributed by atoms with van der Waals surface area (Å²) in [6.45, 7) is 4.09. The molecule has 7 nitrogen and oxygen atoms in total. The first-order chi connectivity index (χ1) is 13.1. The van der Waals surface area contributed by atoms with Crippen LogP contribution in [0.3, 0.4) is 0 Å². The van der Waals surface area contributed by atoms with Gasteiger partial charge in [0, 0.05) is 37.0 Å². The van der Waals surface area contributed by atoms with Gasteiger partial charge in [-0.15, -0.1) is 11.3 Å². The van der Waals surface area contributed by atoms with Crippen molar-refractivity contribution in [2.24, 2.45) is 11.8 Å². The number of likely N-dealkylation sites (tertiary alicyclic amines) is 2. The molecule has 2 saturated heterocycles. The van der Waals surface area contributed by atoms with E-state index >= 15 is 0 Å². The van der Waals surface area contributed by atoms with Gasteiger partial charge in [-0.3, -0.25) is 14.5 Å². The second kappa shape index (κ2) is 8.14. The van der Waals surface area contributed by atoms with E-state index in [0.717, 1.165) is 70.4 Å². The zero-order chi connectivity index (χ0) is 18.8. The van der Waals surface area contributed by atoms with Gasteiger partial charge in [-0.25, -0.2) is 4.98 Å². The predicted octanol–water partition coefficient (Wildman–Crippen LogP) is 1.45. The number of amides is 2. The number of nitrogens with zero attached hydrogens (tertiary/aromatic N) is 3. The van der Waals surface area contributed by atoms with Gasteiger partial charge < -0.3 is 16.0 Å². The van der Waals surface area contributed by atoms with E-state index < -0.39 is 0 Å². The Morgan fingerprint density at radius 3 is 2.59 bits per heavy atom. The van der Waals surface area contributed by atoms with Crippen molar-refractivity contribution in [2.45, 2.75) is 51.1 Å². The van der Waals surface area contributed by atoms with Gasteiger partial charge >= 0.3 is 0 Å². The van der Waals surface area contributed by atoms with Crippen LogP contribution in [0.2, 0.25) is 0 Å². The summed E-state index contributed by atoms with van der Waals surface area (Å²) in [4.78, 5) is 33.5. The van der Waals surface area contributed by atoms with E-state index in [1.54, 1.807) is 0 Å². The standard InChI is InChI=1S/C19H29N5O2S/c20-19-22-15(12-27-19)10-21-17(25)14-2-1-7-24(11-14)16-5-8-23(9-6-16)18(26)13-3-4-13/h12-14,16H,1-11H2,(H2,20,22)(H,21,25). The lowest BCUT2D eigenvalue weighted by molar-refractivity contribution is -0.134. The van der Waals surface area contributed by atoms with Gasteiger partial charge in [0.15, 0.2) is 5.13 Å². The average molecular weight is 392 g/mol. The second-order valence-electron chi connectivity index (χ2n) is 8.06. The van der Waals surface area contributed by atoms with Crippen molar-refractivity contribution in [1.29, 1.82) is 0 Å². The van der Waals surface area contributed by atoms with Gasteiger partial charge in [-0.2, -0.15) is 0 Å². The molecule has 1 aliphatic carbocycles. The van der Waals surface area contributed by atoms with Gasteiger partial charge in [-0.1, -0.05) is 0 Å². The monoisotopic (exact) mass is 391 g/mol. The van der Waals surface area contributed by atoms with Crippen LogP contribution in [0.4, 0.5) is 5.13 Å². The molecule has 0 aromatic carbocycles. The predicted molar refractivity (Wildman–Crippen MR) is 105 cm³/mol. The van der Waals surface area contributed by atoms with Crippen LogP contribution in [0, 0.1) is 11.8 Å². The minimum absolute atomic E-state index is 0.0425. The third-order valence-electron chi connectivity index (χ3n) is 6.06. The highest BCUT2D eigenvalue weighted by Gasteiger charge is 2.37. The van der Waals surface area contributed by atoms with Crippen molar-refractivity contribution in [1.82, 2.24) is 20.1 Å². The van der Waals surface area contributed by atoms with Crippen LogP contribution in [-0.4, -0.2) is 58.8 Å². The number of aromatic nitrogens is 1. The number of rotatable bonds is 5. The number of carbonyl (C=O) groups is 2. The maximum atomic E-state index is 12.6. The van der Waals surface area contributed by atoms with E-state index in [2.05, 4.69) is 20.1 Å². The Labute approximate surface area is 164 Å². The fourth-order valence-corrected chi connectivity index (χ4v) is 4.88. The Kier molecular flexibility index (Phi) is 5.63. The van der Waals surface area contributed by atoms with Crippen molar-refractivity contribution >= 4 is 28.3 Å². The number of nitrogens with one attached hydrogen (secondary N) is 1. The van der Waals surface area contributed by atoms with Crippen LogP contribution in [0.1, 0.15) is 44.2 Å². The van der Waals surface area contributed by atoms with Gasteiger partial charge in [-0.05, 0) is 45.1 Å². The van der Waals surface area contributed by atoms with Crippen molar-refractivity contribution in [3.05, 3.63) is 11.1 Å². The number of carbonyl (C=O) groups excluding carboxylic acids is 2. The lowest BCUT2D eigenvalue weighted by Gasteiger charge is -2.42. The summed E-state index contributed by atoms with van der Waals surface area (Å²) in [6.07, 6.45) is 6.23. The number of nitrogen functional groups attached to an aromatic ring is 1. The van der Waals surface area contributed by atoms with Crippen LogP contribution >= 0.6 is 11.3 Å². The summed E-state index contributed by atoms with van der Waals surface area (Å²) >= 11 is 1.40. The molecular weight excluding hydrogens is 362 g/mol. The second-order valence-corrected chi connectivity index (χ2v) is 8.95. The molecule has 8 heteroatoms. The van der Waals surface area contributed by atoms with Gasteiger partial charge in [0.2, 0.25) is 11.8 Å². The van der Waals surface area contributed by atoms with E-state index in [1.807, 2.05) is 5.38 Å². The fraction of sp³-hybridized carbons (Fsp3) is 0.737. The topological polar surface area (TPSA) is 91.6 Å². The molecule has 27 heavy (non-hydrogen) atoms. The Hall–Kier alpha value is -1.67. The molecule has 4 rings (SSSR count). The molecule has 0 spiro atoms. The van der Waals surface area contributed by atoms with Crippen molar-refractivity contribution < 1.29 is 9.59 Å². The highest BCUT2D eigenvalue weighted by molar-refractivity contribution is 7.13. The van der Waals surface area contributed by atoms with Crippen LogP contribution in [0.15, 0.2) is 5.38 Å². The third kappa shape index (κ3) is 4.60. The van der Waals surface area contributed by atoms with Gasteiger partial charge in [0.05, 0.1) is 18.2 Å². The molecule has 1 atom stereocenters. The van der Waals surface area contributed by atoms with Crippen molar-refractivity contribution in [3.63, 3.8) is 0 Å². The van der Waals surface area contributed by atoms with Crippen LogP contribution < -0.4 is 11.1 Å². The van der Waals surface area contributed by atoms with E-state index in [4.69, 9.17) is 5.73 Å².